The van der Waals surface area contributed by atoms with Gasteiger partial charge in [-0.2, -0.15) is 4.98 Å². The van der Waals surface area contributed by atoms with E-state index < -0.39 is 0 Å². The summed E-state index contributed by atoms with van der Waals surface area (Å²) in [7, 11) is 0. The first-order valence-electron chi connectivity index (χ1n) is 6.57. The standard InChI is InChI=1S/C14H20N4O/c1-9(8-15)4-5-13-17-14(18-19-13)12-6-10(2)16-11(3)7-12/h6-7,9H,4-5,8,15H2,1-3H3. The molecule has 0 saturated carbocycles. The molecule has 5 heteroatoms. The maximum Gasteiger partial charge on any atom is 0.226 e. The van der Waals surface area contributed by atoms with Crippen LogP contribution in [0.25, 0.3) is 11.4 Å². The van der Waals surface area contributed by atoms with Crippen LogP contribution in [0.3, 0.4) is 0 Å². The third-order valence-electron chi connectivity index (χ3n) is 3.06. The van der Waals surface area contributed by atoms with Crippen LogP contribution in [0.1, 0.15) is 30.6 Å². The van der Waals surface area contributed by atoms with E-state index in [1.54, 1.807) is 0 Å². The molecule has 2 aromatic heterocycles. The topological polar surface area (TPSA) is 77.8 Å². The van der Waals surface area contributed by atoms with Crippen molar-refractivity contribution in [3.8, 4) is 11.4 Å². The lowest BCUT2D eigenvalue weighted by atomic mass is 10.1. The summed E-state index contributed by atoms with van der Waals surface area (Å²) >= 11 is 0. The molecule has 0 fully saturated rings. The van der Waals surface area contributed by atoms with E-state index in [4.69, 9.17) is 10.3 Å². The summed E-state index contributed by atoms with van der Waals surface area (Å²) in [6, 6.07) is 3.92. The van der Waals surface area contributed by atoms with Gasteiger partial charge in [0.05, 0.1) is 0 Å². The minimum Gasteiger partial charge on any atom is -0.339 e. The number of aromatic nitrogens is 3. The van der Waals surface area contributed by atoms with Gasteiger partial charge in [-0.15, -0.1) is 0 Å². The van der Waals surface area contributed by atoms with Crippen LogP contribution in [0, 0.1) is 19.8 Å². The summed E-state index contributed by atoms with van der Waals surface area (Å²) in [5, 5.41) is 4.03. The minimum absolute atomic E-state index is 0.473. The zero-order valence-electron chi connectivity index (χ0n) is 11.7. The van der Waals surface area contributed by atoms with Crippen molar-refractivity contribution < 1.29 is 4.52 Å². The molecule has 0 aliphatic carbocycles. The van der Waals surface area contributed by atoms with Crippen LogP contribution in [-0.4, -0.2) is 21.7 Å². The van der Waals surface area contributed by atoms with Crippen LogP contribution >= 0.6 is 0 Å². The number of hydrogen-bond donors (Lipinski definition) is 1. The first-order chi connectivity index (χ1) is 9.08. The molecule has 0 radical (unpaired) electrons. The summed E-state index contributed by atoms with van der Waals surface area (Å²) in [6.07, 6.45) is 1.74. The molecular formula is C14H20N4O. The normalized spacial score (nSPS) is 12.6. The van der Waals surface area contributed by atoms with Crippen molar-refractivity contribution in [3.63, 3.8) is 0 Å². The van der Waals surface area contributed by atoms with E-state index in [1.165, 1.54) is 0 Å². The summed E-state index contributed by atoms with van der Waals surface area (Å²) in [5.41, 5.74) is 8.46. The number of rotatable bonds is 5. The van der Waals surface area contributed by atoms with E-state index in [1.807, 2.05) is 26.0 Å². The summed E-state index contributed by atoms with van der Waals surface area (Å²) in [5.74, 6) is 1.77. The second-order valence-corrected chi connectivity index (χ2v) is 5.03. The van der Waals surface area contributed by atoms with Crippen molar-refractivity contribution in [3.05, 3.63) is 29.4 Å². The van der Waals surface area contributed by atoms with Crippen molar-refractivity contribution in [1.82, 2.24) is 15.1 Å². The largest absolute Gasteiger partial charge is 0.339 e. The predicted octanol–water partition coefficient (Wildman–Crippen LogP) is 2.28. The van der Waals surface area contributed by atoms with Gasteiger partial charge in [0.1, 0.15) is 0 Å². The van der Waals surface area contributed by atoms with E-state index >= 15 is 0 Å². The summed E-state index contributed by atoms with van der Waals surface area (Å²) < 4.78 is 5.27. The SMILES string of the molecule is Cc1cc(-c2noc(CCC(C)CN)n2)cc(C)n1. The van der Waals surface area contributed by atoms with E-state index in [-0.39, 0.29) is 0 Å². The zero-order chi connectivity index (χ0) is 13.8. The van der Waals surface area contributed by atoms with Gasteiger partial charge >= 0.3 is 0 Å². The lowest BCUT2D eigenvalue weighted by Crippen LogP contribution is -2.11. The Morgan fingerprint density at radius 1 is 1.21 bits per heavy atom. The highest BCUT2D eigenvalue weighted by molar-refractivity contribution is 5.55. The monoisotopic (exact) mass is 260 g/mol. The van der Waals surface area contributed by atoms with Crippen LogP contribution in [0.15, 0.2) is 16.7 Å². The Morgan fingerprint density at radius 3 is 2.53 bits per heavy atom. The lowest BCUT2D eigenvalue weighted by molar-refractivity contribution is 0.366. The van der Waals surface area contributed by atoms with Gasteiger partial charge < -0.3 is 10.3 Å². The Hall–Kier alpha value is -1.75. The molecule has 0 amide bonds. The molecule has 5 nitrogen and oxygen atoms in total. The second-order valence-electron chi connectivity index (χ2n) is 5.03. The smallest absolute Gasteiger partial charge is 0.226 e. The maximum absolute atomic E-state index is 5.59. The van der Waals surface area contributed by atoms with Crippen LogP contribution in [0.5, 0.6) is 0 Å². The molecule has 2 N–H and O–H groups in total. The average Bonchev–Trinajstić information content (AvgIpc) is 2.83. The lowest BCUT2D eigenvalue weighted by Gasteiger charge is -2.04. The van der Waals surface area contributed by atoms with Crippen molar-refractivity contribution in [2.75, 3.05) is 6.54 Å². The summed E-state index contributed by atoms with van der Waals surface area (Å²) in [4.78, 5) is 8.76. The fourth-order valence-electron chi connectivity index (χ4n) is 1.92. The van der Waals surface area contributed by atoms with Crippen molar-refractivity contribution in [1.29, 1.82) is 0 Å². The van der Waals surface area contributed by atoms with Gasteiger partial charge in [-0.25, -0.2) is 0 Å². The predicted molar refractivity (Wildman–Crippen MR) is 73.5 cm³/mol. The van der Waals surface area contributed by atoms with Gasteiger partial charge in [0.25, 0.3) is 0 Å². The van der Waals surface area contributed by atoms with E-state index in [0.29, 0.717) is 24.2 Å². The Balaban J connectivity index is 2.12. The zero-order valence-corrected chi connectivity index (χ0v) is 11.7. The number of aryl methyl sites for hydroxylation is 3. The fourth-order valence-corrected chi connectivity index (χ4v) is 1.92. The molecular weight excluding hydrogens is 240 g/mol. The summed E-state index contributed by atoms with van der Waals surface area (Å²) in [6.45, 7) is 6.72. The number of hydrogen-bond acceptors (Lipinski definition) is 5. The Morgan fingerprint density at radius 2 is 1.89 bits per heavy atom. The Labute approximate surface area is 113 Å². The van der Waals surface area contributed by atoms with Crippen LogP contribution in [0.4, 0.5) is 0 Å². The second kappa shape index (κ2) is 5.93. The third kappa shape index (κ3) is 3.61. The van der Waals surface area contributed by atoms with E-state index in [2.05, 4.69) is 22.0 Å². The van der Waals surface area contributed by atoms with Crippen molar-refractivity contribution in [2.45, 2.75) is 33.6 Å². The Kier molecular flexibility index (Phi) is 4.27. The van der Waals surface area contributed by atoms with Crippen LogP contribution < -0.4 is 5.73 Å². The molecule has 102 valence electrons. The first-order valence-corrected chi connectivity index (χ1v) is 6.57. The molecule has 19 heavy (non-hydrogen) atoms. The molecule has 2 heterocycles. The third-order valence-corrected chi connectivity index (χ3v) is 3.06. The molecule has 1 atom stereocenters. The maximum atomic E-state index is 5.59. The molecule has 1 unspecified atom stereocenters. The van der Waals surface area contributed by atoms with Gasteiger partial charge in [0, 0.05) is 23.4 Å². The quantitative estimate of drug-likeness (QED) is 0.892. The molecule has 2 aromatic rings. The Bertz CT molecular complexity index is 530. The van der Waals surface area contributed by atoms with Crippen LogP contribution in [0.2, 0.25) is 0 Å². The molecule has 0 saturated heterocycles. The molecule has 0 bridgehead atoms. The highest BCUT2D eigenvalue weighted by Crippen LogP contribution is 2.18. The fraction of sp³-hybridized carbons (Fsp3) is 0.500. The van der Waals surface area contributed by atoms with Gasteiger partial charge in [-0.05, 0) is 44.9 Å². The molecule has 0 aliphatic rings. The molecule has 0 aromatic carbocycles. The highest BCUT2D eigenvalue weighted by Gasteiger charge is 2.10. The highest BCUT2D eigenvalue weighted by atomic mass is 16.5. The van der Waals surface area contributed by atoms with E-state index in [0.717, 1.165) is 29.8 Å². The van der Waals surface area contributed by atoms with Gasteiger partial charge in [-0.3, -0.25) is 4.98 Å². The number of nitrogens with two attached hydrogens (primary N) is 1. The minimum atomic E-state index is 0.473. The van der Waals surface area contributed by atoms with Crippen molar-refractivity contribution >= 4 is 0 Å². The van der Waals surface area contributed by atoms with Gasteiger partial charge in [0.2, 0.25) is 11.7 Å². The average molecular weight is 260 g/mol. The van der Waals surface area contributed by atoms with Gasteiger partial charge in [-0.1, -0.05) is 12.1 Å². The van der Waals surface area contributed by atoms with E-state index in [9.17, 15) is 0 Å². The van der Waals surface area contributed by atoms with Crippen LogP contribution in [-0.2, 0) is 6.42 Å². The number of nitrogens with zero attached hydrogens (tertiary/aromatic N) is 3. The molecule has 2 rings (SSSR count). The number of pyridine rings is 1. The van der Waals surface area contributed by atoms with Crippen molar-refractivity contribution in [2.24, 2.45) is 11.7 Å². The molecule has 0 aliphatic heterocycles. The first kappa shape index (κ1) is 13.7. The molecule has 0 spiro atoms. The van der Waals surface area contributed by atoms with Gasteiger partial charge in [0.15, 0.2) is 0 Å².